The number of methoxy groups -OCH3 is 1. The fraction of sp³-hybridized carbons (Fsp3) is 0.167. The number of hydrogen-bond donors (Lipinski definition) is 1. The van der Waals surface area contributed by atoms with E-state index >= 15 is 0 Å². The third-order valence-corrected chi connectivity index (χ3v) is 3.98. The Hall–Kier alpha value is -0.740. The van der Waals surface area contributed by atoms with Crippen LogP contribution in [-0.4, -0.2) is 12.2 Å². The van der Waals surface area contributed by atoms with Gasteiger partial charge in [0.2, 0.25) is 0 Å². The minimum Gasteiger partial charge on any atom is -0.497 e. The van der Waals surface area contributed by atoms with E-state index in [4.69, 9.17) is 27.9 Å². The van der Waals surface area contributed by atoms with Gasteiger partial charge >= 0.3 is 0 Å². The van der Waals surface area contributed by atoms with Crippen molar-refractivity contribution in [3.63, 3.8) is 0 Å². The second-order valence-electron chi connectivity index (χ2n) is 3.43. The lowest BCUT2D eigenvalue weighted by molar-refractivity contribution is 0.224. The molecule has 2 aromatic rings. The largest absolute Gasteiger partial charge is 0.497 e. The Morgan fingerprint density at radius 1 is 1.24 bits per heavy atom. The number of aliphatic hydroxyl groups is 1. The maximum Gasteiger partial charge on any atom is 0.120 e. The van der Waals surface area contributed by atoms with E-state index in [-0.39, 0.29) is 0 Å². The first-order chi connectivity index (χ1) is 8.11. The minimum absolute atomic E-state index is 0.473. The number of aliphatic hydroxyl groups excluding tert-OH is 1. The molecule has 1 aromatic carbocycles. The molecule has 0 saturated heterocycles. The Bertz CT molecular complexity index is 525. The molecule has 0 amide bonds. The first-order valence-corrected chi connectivity index (χ1v) is 6.46. The van der Waals surface area contributed by atoms with Crippen LogP contribution in [0.2, 0.25) is 9.36 Å². The highest BCUT2D eigenvalue weighted by Crippen LogP contribution is 2.35. The van der Waals surface area contributed by atoms with E-state index in [9.17, 15) is 5.11 Å². The summed E-state index contributed by atoms with van der Waals surface area (Å²) in [5, 5.41) is 10.6. The van der Waals surface area contributed by atoms with Crippen LogP contribution in [0.15, 0.2) is 30.3 Å². The zero-order valence-electron chi connectivity index (χ0n) is 8.98. The van der Waals surface area contributed by atoms with Gasteiger partial charge in [-0.05, 0) is 24.3 Å². The van der Waals surface area contributed by atoms with Crippen LogP contribution in [0.3, 0.4) is 0 Å². The average Bonchev–Trinajstić information content (AvgIpc) is 2.75. The van der Waals surface area contributed by atoms with E-state index in [1.165, 1.54) is 11.3 Å². The van der Waals surface area contributed by atoms with Gasteiger partial charge in [-0.15, -0.1) is 11.3 Å². The molecule has 1 N–H and O–H groups in total. The molecular formula is C12H10Cl2O2S. The van der Waals surface area contributed by atoms with E-state index in [1.807, 2.05) is 0 Å². The zero-order chi connectivity index (χ0) is 12.4. The molecule has 0 fully saturated rings. The van der Waals surface area contributed by atoms with Crippen molar-refractivity contribution in [3.05, 3.63) is 50.1 Å². The van der Waals surface area contributed by atoms with Crippen LogP contribution in [-0.2, 0) is 0 Å². The monoisotopic (exact) mass is 288 g/mol. The van der Waals surface area contributed by atoms with E-state index in [0.29, 0.717) is 20.7 Å². The second kappa shape index (κ2) is 5.27. The number of thiophene rings is 1. The van der Waals surface area contributed by atoms with Crippen LogP contribution < -0.4 is 4.74 Å². The Morgan fingerprint density at radius 3 is 2.53 bits per heavy atom. The summed E-state index contributed by atoms with van der Waals surface area (Å²) < 4.78 is 5.70. The molecule has 2 nitrogen and oxygen atoms in total. The molecule has 0 bridgehead atoms. The van der Waals surface area contributed by atoms with E-state index in [1.54, 1.807) is 37.4 Å². The van der Waals surface area contributed by atoms with E-state index in [0.717, 1.165) is 4.88 Å². The van der Waals surface area contributed by atoms with Crippen molar-refractivity contribution in [2.75, 3.05) is 7.11 Å². The lowest BCUT2D eigenvalue weighted by atomic mass is 10.1. The third kappa shape index (κ3) is 2.75. The van der Waals surface area contributed by atoms with Gasteiger partial charge in [-0.2, -0.15) is 0 Å². The van der Waals surface area contributed by atoms with Gasteiger partial charge < -0.3 is 9.84 Å². The summed E-state index contributed by atoms with van der Waals surface area (Å²) >= 11 is 13.3. The first-order valence-electron chi connectivity index (χ1n) is 4.88. The van der Waals surface area contributed by atoms with Crippen molar-refractivity contribution in [1.29, 1.82) is 0 Å². The highest BCUT2D eigenvalue weighted by molar-refractivity contribution is 7.16. The normalized spacial score (nSPS) is 12.5. The Morgan fingerprint density at radius 2 is 2.00 bits per heavy atom. The molecule has 90 valence electrons. The molecule has 0 aliphatic heterocycles. The average molecular weight is 289 g/mol. The molecule has 0 spiro atoms. The van der Waals surface area contributed by atoms with Crippen molar-refractivity contribution in [2.45, 2.75) is 6.10 Å². The third-order valence-electron chi connectivity index (χ3n) is 2.37. The molecule has 0 radical (unpaired) electrons. The predicted octanol–water partition coefficient (Wildman–Crippen LogP) is 4.15. The van der Waals surface area contributed by atoms with Crippen molar-refractivity contribution in [2.24, 2.45) is 0 Å². The fourth-order valence-corrected chi connectivity index (χ4v) is 2.83. The molecular weight excluding hydrogens is 279 g/mol. The summed E-state index contributed by atoms with van der Waals surface area (Å²) in [4.78, 5) is 0.766. The van der Waals surface area contributed by atoms with Crippen LogP contribution in [0.4, 0.5) is 0 Å². The molecule has 5 heteroatoms. The van der Waals surface area contributed by atoms with Crippen LogP contribution in [0, 0.1) is 0 Å². The molecule has 0 aliphatic rings. The number of rotatable bonds is 3. The lowest BCUT2D eigenvalue weighted by Gasteiger charge is -2.11. The summed E-state index contributed by atoms with van der Waals surface area (Å²) in [7, 11) is 1.57. The van der Waals surface area contributed by atoms with Crippen LogP contribution in [0.5, 0.6) is 5.75 Å². The summed E-state index contributed by atoms with van der Waals surface area (Å²) in [5.74, 6) is 0.662. The maximum absolute atomic E-state index is 10.2. The molecule has 1 atom stereocenters. The molecule has 1 aromatic heterocycles. The van der Waals surface area contributed by atoms with Crippen molar-refractivity contribution < 1.29 is 9.84 Å². The van der Waals surface area contributed by atoms with Crippen LogP contribution in [0.1, 0.15) is 16.5 Å². The molecule has 2 rings (SSSR count). The summed E-state index contributed by atoms with van der Waals surface area (Å²) in [6.45, 7) is 0. The second-order valence-corrected chi connectivity index (χ2v) is 5.59. The highest BCUT2D eigenvalue weighted by Gasteiger charge is 2.16. The first kappa shape index (κ1) is 12.7. The lowest BCUT2D eigenvalue weighted by Crippen LogP contribution is -1.98. The van der Waals surface area contributed by atoms with Gasteiger partial charge in [0.25, 0.3) is 0 Å². The predicted molar refractivity (Wildman–Crippen MR) is 71.4 cm³/mol. The van der Waals surface area contributed by atoms with Gasteiger partial charge in [-0.25, -0.2) is 0 Å². The van der Waals surface area contributed by atoms with Gasteiger partial charge in [-0.1, -0.05) is 29.3 Å². The number of ether oxygens (including phenoxy) is 1. The van der Waals surface area contributed by atoms with Gasteiger partial charge in [0.05, 0.1) is 16.5 Å². The number of benzene rings is 1. The summed E-state index contributed by atoms with van der Waals surface area (Å²) in [6, 6.07) is 8.73. The van der Waals surface area contributed by atoms with Gasteiger partial charge in [0.15, 0.2) is 0 Å². The molecule has 0 aliphatic carbocycles. The molecule has 1 unspecified atom stereocenters. The Balaban J connectivity index is 2.34. The fourth-order valence-electron chi connectivity index (χ4n) is 1.49. The van der Waals surface area contributed by atoms with E-state index < -0.39 is 6.10 Å². The SMILES string of the molecule is COc1ccc(C(O)c2ccc(Cl)s2)c(Cl)c1. The van der Waals surface area contributed by atoms with E-state index in [2.05, 4.69) is 0 Å². The van der Waals surface area contributed by atoms with Gasteiger partial charge in [-0.3, -0.25) is 0 Å². The van der Waals surface area contributed by atoms with Gasteiger partial charge in [0.1, 0.15) is 11.9 Å². The quantitative estimate of drug-likeness (QED) is 0.920. The van der Waals surface area contributed by atoms with Crippen molar-refractivity contribution >= 4 is 34.5 Å². The Labute approximate surface area is 113 Å². The standard InChI is InChI=1S/C12H10Cl2O2S/c1-16-7-2-3-8(9(13)6-7)12(15)10-4-5-11(14)17-10/h2-6,12,15H,1H3. The Kier molecular flexibility index (Phi) is 3.94. The summed E-state index contributed by atoms with van der Waals surface area (Å²) in [6.07, 6.45) is -0.758. The number of halogens is 2. The van der Waals surface area contributed by atoms with Crippen LogP contribution >= 0.6 is 34.5 Å². The molecule has 0 saturated carbocycles. The minimum atomic E-state index is -0.758. The zero-order valence-corrected chi connectivity index (χ0v) is 11.3. The van der Waals surface area contributed by atoms with Crippen molar-refractivity contribution in [1.82, 2.24) is 0 Å². The topological polar surface area (TPSA) is 29.5 Å². The smallest absolute Gasteiger partial charge is 0.120 e. The highest BCUT2D eigenvalue weighted by atomic mass is 35.5. The summed E-state index contributed by atoms with van der Waals surface area (Å²) in [5.41, 5.74) is 0.644. The maximum atomic E-state index is 10.2. The van der Waals surface area contributed by atoms with Crippen molar-refractivity contribution in [3.8, 4) is 5.75 Å². The van der Waals surface area contributed by atoms with Crippen LogP contribution in [0.25, 0.3) is 0 Å². The molecule has 1 heterocycles. The van der Waals surface area contributed by atoms with Gasteiger partial charge in [0, 0.05) is 10.4 Å². The number of hydrogen-bond acceptors (Lipinski definition) is 3. The molecule has 17 heavy (non-hydrogen) atoms.